The van der Waals surface area contributed by atoms with E-state index in [9.17, 15) is 18.0 Å². The number of carbonyl (C=O) groups is 1. The molecule has 2 aliphatic heterocycles. The first kappa shape index (κ1) is 30.0. The van der Waals surface area contributed by atoms with E-state index in [1.165, 1.54) is 0 Å². The van der Waals surface area contributed by atoms with E-state index >= 15 is 0 Å². The van der Waals surface area contributed by atoms with E-state index in [0.717, 1.165) is 77.3 Å². The van der Waals surface area contributed by atoms with Crippen molar-refractivity contribution in [3.63, 3.8) is 0 Å². The van der Waals surface area contributed by atoms with E-state index in [0.29, 0.717) is 24.7 Å². The molecule has 7 N–H and O–H groups in total. The van der Waals surface area contributed by atoms with Gasteiger partial charge in [-0.3, -0.25) is 20.4 Å². The molecule has 0 bridgehead atoms. The minimum atomic E-state index is -4.14. The summed E-state index contributed by atoms with van der Waals surface area (Å²) in [6, 6.07) is 0.492. The standard InChI is InChI=1S/C29H49F3N6O2/c30-29(31,32)20-2-1-3-23(14-20)40-26-11-4-17(15-36-26)16-38-24-13-19(27(34)35)6-5-18(24)12-25(38)28(39)37-22-9-7-21(33)8-10-22/h17-26,36H,1-16,33H2,(H3,34,35)(H,37,39). The van der Waals surface area contributed by atoms with Crippen LogP contribution in [0.3, 0.4) is 0 Å². The fourth-order valence-electron chi connectivity index (χ4n) is 8.17. The summed E-state index contributed by atoms with van der Waals surface area (Å²) in [6.45, 7) is 1.51. The molecular formula is C29H49F3N6O2. The van der Waals surface area contributed by atoms with Crippen molar-refractivity contribution >= 4 is 11.7 Å². The molecule has 0 aromatic rings. The molecule has 0 spiro atoms. The van der Waals surface area contributed by atoms with Crippen LogP contribution in [0.5, 0.6) is 0 Å². The van der Waals surface area contributed by atoms with Gasteiger partial charge in [0, 0.05) is 37.1 Å². The molecule has 8 atom stereocenters. The Bertz CT molecular complexity index is 874. The molecule has 2 saturated heterocycles. The minimum Gasteiger partial charge on any atom is -0.387 e. The van der Waals surface area contributed by atoms with Gasteiger partial charge in [-0.2, -0.15) is 13.2 Å². The van der Waals surface area contributed by atoms with Gasteiger partial charge in [0.2, 0.25) is 5.91 Å². The maximum absolute atomic E-state index is 13.6. The third kappa shape index (κ3) is 7.31. The Hall–Kier alpha value is -1.43. The van der Waals surface area contributed by atoms with Crippen LogP contribution in [0.2, 0.25) is 0 Å². The van der Waals surface area contributed by atoms with Gasteiger partial charge < -0.3 is 21.5 Å². The van der Waals surface area contributed by atoms with Gasteiger partial charge in [-0.25, -0.2) is 0 Å². The van der Waals surface area contributed by atoms with Gasteiger partial charge in [0.1, 0.15) is 6.23 Å². The van der Waals surface area contributed by atoms with Crippen LogP contribution in [0.25, 0.3) is 0 Å². The summed E-state index contributed by atoms with van der Waals surface area (Å²) in [5.74, 6) is -0.0484. The monoisotopic (exact) mass is 570 g/mol. The Kier molecular flexibility index (Phi) is 9.64. The van der Waals surface area contributed by atoms with E-state index in [1.54, 1.807) is 0 Å². The highest BCUT2D eigenvalue weighted by molar-refractivity contribution is 5.83. The molecule has 40 heavy (non-hydrogen) atoms. The molecular weight excluding hydrogens is 521 g/mol. The highest BCUT2D eigenvalue weighted by Crippen LogP contribution is 2.43. The third-order valence-corrected chi connectivity index (χ3v) is 10.6. The second kappa shape index (κ2) is 12.8. The molecule has 228 valence electrons. The number of rotatable bonds is 7. The van der Waals surface area contributed by atoms with Crippen LogP contribution in [-0.4, -0.2) is 72.4 Å². The van der Waals surface area contributed by atoms with E-state index < -0.39 is 12.1 Å². The van der Waals surface area contributed by atoms with Crippen molar-refractivity contribution in [1.29, 1.82) is 5.41 Å². The maximum atomic E-state index is 13.6. The highest BCUT2D eigenvalue weighted by atomic mass is 19.4. The molecule has 1 amide bonds. The third-order valence-electron chi connectivity index (χ3n) is 10.6. The van der Waals surface area contributed by atoms with Crippen molar-refractivity contribution in [2.75, 3.05) is 13.1 Å². The summed E-state index contributed by atoms with van der Waals surface area (Å²) in [6.07, 6.45) is 5.80. The number of carbonyl (C=O) groups excluding carboxylic acids is 1. The summed E-state index contributed by atoms with van der Waals surface area (Å²) >= 11 is 0. The van der Waals surface area contributed by atoms with Gasteiger partial charge in [0.15, 0.2) is 0 Å². The number of nitrogens with two attached hydrogens (primary N) is 2. The SMILES string of the molecule is N=C(N)C1CCC2CC(C(=O)NC3CCC(N)CC3)N(CC3CCC(OC4CCCC(C(F)(F)F)C4)NC3)C2C1. The Morgan fingerprint density at radius 3 is 2.45 bits per heavy atom. The van der Waals surface area contributed by atoms with E-state index in [1.807, 2.05) is 0 Å². The number of alkyl halides is 3. The fraction of sp³-hybridized carbons (Fsp3) is 0.931. The van der Waals surface area contributed by atoms with Crippen molar-refractivity contribution in [1.82, 2.24) is 15.5 Å². The lowest BCUT2D eigenvalue weighted by Gasteiger charge is -2.41. The summed E-state index contributed by atoms with van der Waals surface area (Å²) in [5, 5.41) is 14.8. The zero-order valence-corrected chi connectivity index (χ0v) is 23.6. The van der Waals surface area contributed by atoms with Crippen molar-refractivity contribution in [3.8, 4) is 0 Å². The van der Waals surface area contributed by atoms with Crippen molar-refractivity contribution in [3.05, 3.63) is 0 Å². The smallest absolute Gasteiger partial charge is 0.387 e. The first-order chi connectivity index (χ1) is 19.1. The van der Waals surface area contributed by atoms with Crippen LogP contribution in [0, 0.1) is 29.1 Å². The number of fused-ring (bicyclic) bond motifs is 1. The largest absolute Gasteiger partial charge is 0.391 e. The topological polar surface area (TPSA) is 129 Å². The van der Waals surface area contributed by atoms with E-state index in [2.05, 4.69) is 15.5 Å². The van der Waals surface area contributed by atoms with Crippen LogP contribution in [-0.2, 0) is 9.53 Å². The molecule has 0 aromatic carbocycles. The molecule has 5 rings (SSSR count). The quantitative estimate of drug-likeness (QED) is 0.235. The number of hydrogen-bond donors (Lipinski definition) is 5. The molecule has 0 aromatic heterocycles. The first-order valence-corrected chi connectivity index (χ1v) is 15.7. The first-order valence-electron chi connectivity index (χ1n) is 15.7. The lowest BCUT2D eigenvalue weighted by Crippen LogP contribution is -2.54. The van der Waals surface area contributed by atoms with Gasteiger partial charge in [-0.15, -0.1) is 0 Å². The van der Waals surface area contributed by atoms with Gasteiger partial charge in [0.05, 0.1) is 23.9 Å². The van der Waals surface area contributed by atoms with Gasteiger partial charge in [-0.05, 0) is 95.3 Å². The Labute approximate surface area is 236 Å². The normalized spacial score (nSPS) is 41.3. The zero-order chi connectivity index (χ0) is 28.4. The van der Waals surface area contributed by atoms with Crippen LogP contribution >= 0.6 is 0 Å². The molecule has 5 fully saturated rings. The number of nitrogens with one attached hydrogen (secondary N) is 3. The van der Waals surface area contributed by atoms with Crippen LogP contribution in [0.1, 0.15) is 89.9 Å². The average molecular weight is 571 g/mol. The molecule has 8 nitrogen and oxygen atoms in total. The van der Waals surface area contributed by atoms with Crippen molar-refractivity contribution in [2.45, 2.75) is 133 Å². The molecule has 5 aliphatic rings. The van der Waals surface area contributed by atoms with Gasteiger partial charge in [-0.1, -0.05) is 6.42 Å². The number of halogens is 3. The Balaban J connectivity index is 1.17. The predicted molar refractivity (Wildman–Crippen MR) is 147 cm³/mol. The minimum absolute atomic E-state index is 0.0585. The number of likely N-dealkylation sites (tertiary alicyclic amines) is 1. The second-order valence-electron chi connectivity index (χ2n) is 13.4. The van der Waals surface area contributed by atoms with Crippen LogP contribution < -0.4 is 22.1 Å². The number of amidine groups is 1. The van der Waals surface area contributed by atoms with Crippen molar-refractivity contribution < 1.29 is 22.7 Å². The number of hydrogen-bond acceptors (Lipinski definition) is 6. The number of ether oxygens (including phenoxy) is 1. The summed E-state index contributed by atoms with van der Waals surface area (Å²) < 4.78 is 45.8. The highest BCUT2D eigenvalue weighted by Gasteiger charge is 2.48. The average Bonchev–Trinajstić information content (AvgIpc) is 3.28. The zero-order valence-electron chi connectivity index (χ0n) is 23.6. The summed E-state index contributed by atoms with van der Waals surface area (Å²) in [5.41, 5.74) is 12.0. The lowest BCUT2D eigenvalue weighted by molar-refractivity contribution is -0.197. The number of nitrogens with zero attached hydrogens (tertiary/aromatic N) is 1. The van der Waals surface area contributed by atoms with Crippen LogP contribution in [0.4, 0.5) is 13.2 Å². The fourth-order valence-corrected chi connectivity index (χ4v) is 8.17. The molecule has 2 heterocycles. The maximum Gasteiger partial charge on any atom is 0.391 e. The van der Waals surface area contributed by atoms with Gasteiger partial charge >= 0.3 is 6.18 Å². The molecule has 8 unspecified atom stereocenters. The Morgan fingerprint density at radius 2 is 1.77 bits per heavy atom. The van der Waals surface area contributed by atoms with Crippen molar-refractivity contribution in [2.24, 2.45) is 35.1 Å². The number of piperidine rings is 1. The predicted octanol–water partition coefficient (Wildman–Crippen LogP) is 3.63. The molecule has 3 saturated carbocycles. The summed E-state index contributed by atoms with van der Waals surface area (Å²) in [7, 11) is 0. The molecule has 0 radical (unpaired) electrons. The van der Waals surface area contributed by atoms with E-state index in [4.69, 9.17) is 21.6 Å². The molecule has 3 aliphatic carbocycles. The number of amides is 1. The molecule has 11 heteroatoms. The van der Waals surface area contributed by atoms with Crippen LogP contribution in [0.15, 0.2) is 0 Å². The lowest BCUT2D eigenvalue weighted by atomic mass is 9.78. The van der Waals surface area contributed by atoms with E-state index in [-0.39, 0.29) is 67.0 Å². The Morgan fingerprint density at radius 1 is 1.00 bits per heavy atom. The summed E-state index contributed by atoms with van der Waals surface area (Å²) in [4.78, 5) is 16.0. The van der Waals surface area contributed by atoms with Gasteiger partial charge in [0.25, 0.3) is 0 Å². The second-order valence-corrected chi connectivity index (χ2v) is 13.4.